The summed E-state index contributed by atoms with van der Waals surface area (Å²) in [7, 11) is 3.76. The van der Waals surface area contributed by atoms with Crippen LogP contribution in [0.1, 0.15) is 36.6 Å². The van der Waals surface area contributed by atoms with Crippen LogP contribution in [0.3, 0.4) is 0 Å². The van der Waals surface area contributed by atoms with Crippen molar-refractivity contribution in [2.24, 2.45) is 0 Å². The van der Waals surface area contributed by atoms with Crippen LogP contribution in [0.4, 0.5) is 0 Å². The van der Waals surface area contributed by atoms with Gasteiger partial charge in [-0.3, -0.25) is 9.59 Å². The van der Waals surface area contributed by atoms with Crippen molar-refractivity contribution in [1.82, 2.24) is 9.80 Å². The molecule has 1 saturated heterocycles. The summed E-state index contributed by atoms with van der Waals surface area (Å²) >= 11 is 12.5. The van der Waals surface area contributed by atoms with E-state index in [1.807, 2.05) is 39.8 Å². The number of rotatable bonds is 7. The Morgan fingerprint density at radius 2 is 1.85 bits per heavy atom. The molecule has 0 unspecified atom stereocenters. The van der Waals surface area contributed by atoms with E-state index >= 15 is 0 Å². The zero-order valence-corrected chi connectivity index (χ0v) is 20.9. The average Bonchev–Trinajstić information content (AvgIpc) is 2.97. The summed E-state index contributed by atoms with van der Waals surface area (Å²) in [5, 5.41) is 12.0. The number of carbonyl (C=O) groups excluding carboxylic acids is 2. The number of benzene rings is 2. The minimum atomic E-state index is -0.832. The van der Waals surface area contributed by atoms with Gasteiger partial charge in [0.15, 0.2) is 0 Å². The minimum Gasteiger partial charge on any atom is -0.507 e. The molecule has 1 atom stereocenters. The van der Waals surface area contributed by atoms with E-state index in [1.165, 1.54) is 4.90 Å². The van der Waals surface area contributed by atoms with E-state index in [9.17, 15) is 14.7 Å². The van der Waals surface area contributed by atoms with E-state index in [4.69, 9.17) is 27.9 Å². The Labute approximate surface area is 204 Å². The smallest absolute Gasteiger partial charge is 0.295 e. The van der Waals surface area contributed by atoms with E-state index in [2.05, 4.69) is 0 Å². The van der Waals surface area contributed by atoms with Crippen LogP contribution < -0.4 is 4.74 Å². The van der Waals surface area contributed by atoms with Crippen molar-refractivity contribution >= 4 is 40.7 Å². The maximum Gasteiger partial charge on any atom is 0.295 e. The second kappa shape index (κ2) is 10.2. The van der Waals surface area contributed by atoms with E-state index in [1.54, 1.807) is 36.4 Å². The number of amides is 1. The normalized spacial score (nSPS) is 18.0. The fourth-order valence-electron chi connectivity index (χ4n) is 3.80. The number of aliphatic hydroxyl groups is 1. The van der Waals surface area contributed by atoms with Gasteiger partial charge >= 0.3 is 0 Å². The van der Waals surface area contributed by atoms with E-state index in [0.717, 1.165) is 5.56 Å². The number of likely N-dealkylation sites (tertiary alicyclic amines) is 1. The SMILES string of the molecule is Cc1cc(/C(O)=C2\C(=O)C(=O)N(CCN(C)C)[C@H]2c2ccc(Cl)cc2Cl)ccc1OC(C)C. The molecule has 3 rings (SSSR count). The van der Waals surface area contributed by atoms with Crippen LogP contribution in [0.15, 0.2) is 42.0 Å². The van der Waals surface area contributed by atoms with Gasteiger partial charge in [0.05, 0.1) is 17.7 Å². The number of hydrogen-bond donors (Lipinski definition) is 1. The summed E-state index contributed by atoms with van der Waals surface area (Å²) in [6.07, 6.45) is -0.00258. The maximum absolute atomic E-state index is 13.1. The third-order valence-corrected chi connectivity index (χ3v) is 5.96. The lowest BCUT2D eigenvalue weighted by atomic mass is 9.94. The zero-order chi connectivity index (χ0) is 24.4. The van der Waals surface area contributed by atoms with Crippen LogP contribution in [0, 0.1) is 6.92 Å². The van der Waals surface area contributed by atoms with Gasteiger partial charge in [0.1, 0.15) is 11.5 Å². The molecular formula is C25H28Cl2N2O4. The molecule has 1 N–H and O–H groups in total. The van der Waals surface area contributed by atoms with E-state index in [0.29, 0.717) is 33.5 Å². The minimum absolute atomic E-state index is 0.0000866. The quantitative estimate of drug-likeness (QED) is 0.333. The van der Waals surface area contributed by atoms with Crippen LogP contribution in [-0.4, -0.2) is 59.9 Å². The molecule has 0 spiro atoms. The first kappa shape index (κ1) is 25.1. The topological polar surface area (TPSA) is 70.1 Å². The highest BCUT2D eigenvalue weighted by atomic mass is 35.5. The first-order chi connectivity index (χ1) is 15.5. The fourth-order valence-corrected chi connectivity index (χ4v) is 4.32. The molecule has 0 aliphatic carbocycles. The van der Waals surface area contributed by atoms with Crippen molar-refractivity contribution in [2.45, 2.75) is 32.9 Å². The summed E-state index contributed by atoms with van der Waals surface area (Å²) in [5.74, 6) is -0.991. The van der Waals surface area contributed by atoms with Gasteiger partial charge in [-0.15, -0.1) is 0 Å². The number of nitrogens with zero attached hydrogens (tertiary/aromatic N) is 2. The molecule has 176 valence electrons. The Balaban J connectivity index is 2.15. The van der Waals surface area contributed by atoms with Crippen molar-refractivity contribution in [3.05, 3.63) is 68.7 Å². The summed E-state index contributed by atoms with van der Waals surface area (Å²) in [5.41, 5.74) is 1.75. The highest BCUT2D eigenvalue weighted by molar-refractivity contribution is 6.47. The third kappa shape index (κ3) is 5.35. The Morgan fingerprint density at radius 1 is 1.15 bits per heavy atom. The summed E-state index contributed by atoms with van der Waals surface area (Å²) in [6.45, 7) is 6.54. The first-order valence-corrected chi connectivity index (χ1v) is 11.4. The number of ether oxygens (including phenoxy) is 1. The Morgan fingerprint density at radius 3 is 2.42 bits per heavy atom. The molecular weight excluding hydrogens is 463 g/mol. The predicted molar refractivity (Wildman–Crippen MR) is 131 cm³/mol. The third-order valence-electron chi connectivity index (χ3n) is 5.40. The van der Waals surface area contributed by atoms with Crippen LogP contribution in [0.5, 0.6) is 5.75 Å². The van der Waals surface area contributed by atoms with Crippen molar-refractivity contribution in [1.29, 1.82) is 0 Å². The van der Waals surface area contributed by atoms with Crippen LogP contribution >= 0.6 is 23.2 Å². The molecule has 6 nitrogen and oxygen atoms in total. The van der Waals surface area contributed by atoms with Crippen molar-refractivity contribution < 1.29 is 19.4 Å². The lowest BCUT2D eigenvalue weighted by Crippen LogP contribution is -2.35. The first-order valence-electron chi connectivity index (χ1n) is 10.7. The van der Waals surface area contributed by atoms with Gasteiger partial charge in [0, 0.05) is 28.7 Å². The van der Waals surface area contributed by atoms with Gasteiger partial charge in [0.2, 0.25) is 0 Å². The molecule has 1 heterocycles. The molecule has 8 heteroatoms. The fraction of sp³-hybridized carbons (Fsp3) is 0.360. The number of aliphatic hydroxyl groups excluding tert-OH is 1. The number of carbonyl (C=O) groups is 2. The second-order valence-corrected chi connectivity index (χ2v) is 9.45. The van der Waals surface area contributed by atoms with Gasteiger partial charge < -0.3 is 19.6 Å². The van der Waals surface area contributed by atoms with Crippen LogP contribution in [0.25, 0.3) is 5.76 Å². The number of aryl methyl sites for hydroxylation is 1. The molecule has 0 saturated carbocycles. The maximum atomic E-state index is 13.1. The largest absolute Gasteiger partial charge is 0.507 e. The molecule has 1 aliphatic rings. The second-order valence-electron chi connectivity index (χ2n) is 8.61. The lowest BCUT2D eigenvalue weighted by Gasteiger charge is -2.27. The zero-order valence-electron chi connectivity index (χ0n) is 19.4. The van der Waals surface area contributed by atoms with Crippen molar-refractivity contribution in [3.8, 4) is 5.75 Å². The molecule has 33 heavy (non-hydrogen) atoms. The molecule has 2 aromatic rings. The number of ketones is 1. The van der Waals surface area contributed by atoms with Crippen molar-refractivity contribution in [3.63, 3.8) is 0 Å². The Bertz CT molecular complexity index is 1110. The van der Waals surface area contributed by atoms with E-state index < -0.39 is 17.7 Å². The molecule has 1 fully saturated rings. The van der Waals surface area contributed by atoms with Gasteiger partial charge in [-0.1, -0.05) is 29.3 Å². The Kier molecular flexibility index (Phi) is 7.73. The van der Waals surface area contributed by atoms with Crippen LogP contribution in [-0.2, 0) is 9.59 Å². The van der Waals surface area contributed by atoms with Gasteiger partial charge in [0.25, 0.3) is 11.7 Å². The highest BCUT2D eigenvalue weighted by Gasteiger charge is 2.46. The predicted octanol–water partition coefficient (Wildman–Crippen LogP) is 5.07. The number of hydrogen-bond acceptors (Lipinski definition) is 5. The summed E-state index contributed by atoms with van der Waals surface area (Å²) < 4.78 is 5.77. The monoisotopic (exact) mass is 490 g/mol. The van der Waals surface area contributed by atoms with Crippen molar-refractivity contribution in [2.75, 3.05) is 27.2 Å². The molecule has 1 aliphatic heterocycles. The number of Topliss-reactive ketones (excluding diaryl/α,β-unsaturated/α-hetero) is 1. The molecule has 0 aromatic heterocycles. The number of likely N-dealkylation sites (N-methyl/N-ethyl adjacent to an activating group) is 1. The highest BCUT2D eigenvalue weighted by Crippen LogP contribution is 2.42. The van der Waals surface area contributed by atoms with E-state index in [-0.39, 0.29) is 24.0 Å². The number of halogens is 2. The summed E-state index contributed by atoms with van der Waals surface area (Å²) in [4.78, 5) is 29.5. The standard InChI is InChI=1S/C25H28Cl2N2O4/c1-14(2)33-20-9-6-16(12-15(20)3)23(30)21-22(18-8-7-17(26)13-19(18)27)29(11-10-28(4)5)25(32)24(21)31/h6-9,12-14,22,30H,10-11H2,1-5H3/b23-21+/t22-/m0/s1. The molecule has 0 bridgehead atoms. The van der Waals surface area contributed by atoms with Gasteiger partial charge in [-0.2, -0.15) is 0 Å². The summed E-state index contributed by atoms with van der Waals surface area (Å²) in [6, 6.07) is 9.22. The lowest BCUT2D eigenvalue weighted by molar-refractivity contribution is -0.140. The van der Waals surface area contributed by atoms with Gasteiger partial charge in [-0.05, 0) is 76.3 Å². The molecule has 1 amide bonds. The van der Waals surface area contributed by atoms with Crippen LogP contribution in [0.2, 0.25) is 10.0 Å². The molecule has 0 radical (unpaired) electrons. The molecule has 2 aromatic carbocycles. The average molecular weight is 491 g/mol. The Hall–Kier alpha value is -2.54. The van der Waals surface area contributed by atoms with Gasteiger partial charge in [-0.25, -0.2) is 0 Å².